The van der Waals surface area contributed by atoms with E-state index in [9.17, 15) is 14.7 Å². The molecule has 0 aliphatic carbocycles. The van der Waals surface area contributed by atoms with Crippen molar-refractivity contribution in [3.05, 3.63) is 64.0 Å². The Balaban J connectivity index is 1.69. The van der Waals surface area contributed by atoms with E-state index in [2.05, 4.69) is 5.32 Å². The lowest BCUT2D eigenvalue weighted by molar-refractivity contribution is 0.0503. The summed E-state index contributed by atoms with van der Waals surface area (Å²) >= 11 is 0. The number of hydrogen-bond donors (Lipinski definition) is 2. The molecule has 192 valence electrons. The maximum absolute atomic E-state index is 12.7. The van der Waals surface area contributed by atoms with Crippen LogP contribution in [0.5, 0.6) is 11.5 Å². The van der Waals surface area contributed by atoms with Gasteiger partial charge in [-0.05, 0) is 63.6 Å². The van der Waals surface area contributed by atoms with E-state index in [1.54, 1.807) is 30.4 Å². The molecule has 8 heteroatoms. The molecule has 3 aromatic rings. The van der Waals surface area contributed by atoms with Crippen LogP contribution in [0.3, 0.4) is 0 Å². The van der Waals surface area contributed by atoms with Crippen LogP contribution in [-0.4, -0.2) is 43.5 Å². The highest BCUT2D eigenvalue weighted by Gasteiger charge is 2.18. The third-order valence-electron chi connectivity index (χ3n) is 5.29. The first kappa shape index (κ1) is 26.7. The number of ether oxygens (including phenoxy) is 2. The zero-order valence-electron chi connectivity index (χ0n) is 21.6. The molecular weight excluding hydrogens is 460 g/mol. The summed E-state index contributed by atoms with van der Waals surface area (Å²) in [7, 11) is 3.93. The van der Waals surface area contributed by atoms with Gasteiger partial charge in [-0.25, -0.2) is 4.79 Å². The number of rotatable bonds is 8. The van der Waals surface area contributed by atoms with Gasteiger partial charge in [0.2, 0.25) is 11.2 Å². The summed E-state index contributed by atoms with van der Waals surface area (Å²) in [6.07, 6.45) is 3.41. The summed E-state index contributed by atoms with van der Waals surface area (Å²) in [6, 6.07) is 12.5. The lowest BCUT2D eigenvalue weighted by atomic mass is 10.1. The Hall–Kier alpha value is -3.94. The zero-order chi connectivity index (χ0) is 26.5. The van der Waals surface area contributed by atoms with Crippen LogP contribution in [0.15, 0.2) is 51.7 Å². The minimum atomic E-state index is -0.561. The number of nitrogens with one attached hydrogen (secondary N) is 1. The van der Waals surface area contributed by atoms with Crippen molar-refractivity contribution < 1.29 is 23.8 Å². The van der Waals surface area contributed by atoms with Crippen LogP contribution in [0.2, 0.25) is 0 Å². The van der Waals surface area contributed by atoms with Gasteiger partial charge in [-0.2, -0.15) is 0 Å². The monoisotopic (exact) mass is 494 g/mol. The average molecular weight is 495 g/mol. The minimum absolute atomic E-state index is 0.0662. The summed E-state index contributed by atoms with van der Waals surface area (Å²) in [4.78, 5) is 26.5. The van der Waals surface area contributed by atoms with Crippen LogP contribution < -0.4 is 20.4 Å². The standard InChI is InChI=1S/C28H34N2O6/c1-18(29-27(33)36-28(2,3)4)15-16-34-21-12-13-22-24(17-21)35-23(26(32)25(22)31)14-9-19-7-10-20(11-8-19)30(5)6/h7-14,17-18,32H,15-16H2,1-6H3,(H,29,33)/b14-9+. The largest absolute Gasteiger partial charge is 0.502 e. The van der Waals surface area contributed by atoms with Gasteiger partial charge in [0.05, 0.1) is 12.0 Å². The van der Waals surface area contributed by atoms with E-state index >= 15 is 0 Å². The summed E-state index contributed by atoms with van der Waals surface area (Å²) in [5, 5.41) is 13.4. The fraction of sp³-hybridized carbons (Fsp3) is 0.357. The molecule has 3 rings (SSSR count). The molecule has 8 nitrogen and oxygen atoms in total. The van der Waals surface area contributed by atoms with Gasteiger partial charge >= 0.3 is 6.09 Å². The van der Waals surface area contributed by atoms with Crippen molar-refractivity contribution in [2.75, 3.05) is 25.6 Å². The molecule has 0 fully saturated rings. The second-order valence-electron chi connectivity index (χ2n) is 9.81. The molecule has 0 saturated carbocycles. The fourth-order valence-corrected chi connectivity index (χ4v) is 3.37. The van der Waals surface area contributed by atoms with E-state index in [0.717, 1.165) is 11.3 Å². The molecule has 0 radical (unpaired) electrons. The van der Waals surface area contributed by atoms with Crippen LogP contribution in [0.4, 0.5) is 10.5 Å². The molecule has 1 unspecified atom stereocenters. The predicted octanol–water partition coefficient (Wildman–Crippen LogP) is 5.42. The highest BCUT2D eigenvalue weighted by atomic mass is 16.6. The Kier molecular flexibility index (Phi) is 8.29. The van der Waals surface area contributed by atoms with Crippen molar-refractivity contribution in [3.8, 4) is 11.5 Å². The lowest BCUT2D eigenvalue weighted by Crippen LogP contribution is -2.38. The number of aromatic hydroxyl groups is 1. The van der Waals surface area contributed by atoms with Crippen molar-refractivity contribution >= 4 is 34.9 Å². The fourth-order valence-electron chi connectivity index (χ4n) is 3.37. The van der Waals surface area contributed by atoms with E-state index in [1.165, 1.54) is 0 Å². The van der Waals surface area contributed by atoms with E-state index in [4.69, 9.17) is 13.9 Å². The first-order chi connectivity index (χ1) is 16.9. The second kappa shape index (κ2) is 11.2. The van der Waals surface area contributed by atoms with Crippen LogP contribution in [0.25, 0.3) is 23.1 Å². The molecule has 1 aromatic heterocycles. The van der Waals surface area contributed by atoms with Gasteiger partial charge in [-0.1, -0.05) is 18.2 Å². The van der Waals surface area contributed by atoms with E-state index in [1.807, 2.05) is 71.0 Å². The molecule has 1 amide bonds. The molecule has 2 aromatic carbocycles. The minimum Gasteiger partial charge on any atom is -0.502 e. The van der Waals surface area contributed by atoms with Crippen LogP contribution in [-0.2, 0) is 4.74 Å². The topological polar surface area (TPSA) is 101 Å². The van der Waals surface area contributed by atoms with E-state index in [0.29, 0.717) is 24.4 Å². The molecule has 1 heterocycles. The highest BCUT2D eigenvalue weighted by Crippen LogP contribution is 2.26. The van der Waals surface area contributed by atoms with Gasteiger partial charge in [0.15, 0.2) is 5.76 Å². The van der Waals surface area contributed by atoms with Gasteiger partial charge in [0, 0.05) is 38.3 Å². The maximum Gasteiger partial charge on any atom is 0.407 e. The zero-order valence-corrected chi connectivity index (χ0v) is 21.6. The van der Waals surface area contributed by atoms with E-state index < -0.39 is 22.9 Å². The highest BCUT2D eigenvalue weighted by molar-refractivity contribution is 5.82. The third-order valence-corrected chi connectivity index (χ3v) is 5.29. The number of alkyl carbamates (subject to hydrolysis) is 1. The first-order valence-electron chi connectivity index (χ1n) is 11.8. The molecule has 2 N–H and O–H groups in total. The third kappa shape index (κ3) is 7.28. The van der Waals surface area contributed by atoms with Gasteiger partial charge < -0.3 is 29.2 Å². The smallest absolute Gasteiger partial charge is 0.407 e. The number of hydrogen-bond acceptors (Lipinski definition) is 7. The summed E-state index contributed by atoms with van der Waals surface area (Å²) < 4.78 is 16.9. The number of nitrogens with zero attached hydrogens (tertiary/aromatic N) is 1. The Morgan fingerprint density at radius 2 is 1.83 bits per heavy atom. The van der Waals surface area contributed by atoms with Gasteiger partial charge in [0.1, 0.15) is 16.9 Å². The SMILES string of the molecule is CC(CCOc1ccc2c(=O)c(O)c(/C=C/c3ccc(N(C)C)cc3)oc2c1)NC(=O)OC(C)(C)C. The van der Waals surface area contributed by atoms with Crippen molar-refractivity contribution in [1.82, 2.24) is 5.32 Å². The number of carbonyl (C=O) groups excluding carboxylic acids is 1. The predicted molar refractivity (Wildman–Crippen MR) is 143 cm³/mol. The van der Waals surface area contributed by atoms with Crippen LogP contribution in [0.1, 0.15) is 45.4 Å². The molecule has 1 atom stereocenters. The van der Waals surface area contributed by atoms with Crippen LogP contribution >= 0.6 is 0 Å². The maximum atomic E-state index is 12.7. The number of amides is 1. The molecular formula is C28H34N2O6. The number of anilines is 1. The van der Waals surface area contributed by atoms with Gasteiger partial charge in [-0.15, -0.1) is 0 Å². The molecule has 36 heavy (non-hydrogen) atoms. The number of benzene rings is 2. The lowest BCUT2D eigenvalue weighted by Gasteiger charge is -2.22. The second-order valence-corrected chi connectivity index (χ2v) is 9.81. The van der Waals surface area contributed by atoms with Crippen LogP contribution in [0, 0.1) is 0 Å². The molecule has 0 aliphatic rings. The molecule has 0 bridgehead atoms. The van der Waals surface area contributed by atoms with Crippen molar-refractivity contribution in [3.63, 3.8) is 0 Å². The quantitative estimate of drug-likeness (QED) is 0.431. The molecule has 0 spiro atoms. The number of carbonyl (C=O) groups is 1. The normalized spacial score (nSPS) is 12.5. The average Bonchev–Trinajstić information content (AvgIpc) is 2.79. The van der Waals surface area contributed by atoms with Crippen molar-refractivity contribution in [1.29, 1.82) is 0 Å². The Morgan fingerprint density at radius 3 is 2.47 bits per heavy atom. The summed E-state index contributed by atoms with van der Waals surface area (Å²) in [6.45, 7) is 7.62. The Bertz CT molecular complexity index is 1290. The first-order valence-corrected chi connectivity index (χ1v) is 11.8. The molecule has 0 aliphatic heterocycles. The Labute approximate surface area is 211 Å². The van der Waals surface area contributed by atoms with E-state index in [-0.39, 0.29) is 17.2 Å². The van der Waals surface area contributed by atoms with Crippen molar-refractivity contribution in [2.45, 2.75) is 45.8 Å². The summed E-state index contributed by atoms with van der Waals surface area (Å²) in [5.41, 5.74) is 1.19. The number of fused-ring (bicyclic) bond motifs is 1. The van der Waals surface area contributed by atoms with Gasteiger partial charge in [0.25, 0.3) is 0 Å². The van der Waals surface area contributed by atoms with Crippen molar-refractivity contribution in [2.24, 2.45) is 0 Å². The Morgan fingerprint density at radius 1 is 1.14 bits per heavy atom. The summed E-state index contributed by atoms with van der Waals surface area (Å²) in [5.74, 6) is 0.130. The van der Waals surface area contributed by atoms with Gasteiger partial charge in [-0.3, -0.25) is 4.79 Å². The molecule has 0 saturated heterocycles.